The molecule has 1 aromatic rings. The Hall–Kier alpha value is -1.49. The third-order valence-electron chi connectivity index (χ3n) is 3.40. The van der Waals surface area contributed by atoms with E-state index in [0.29, 0.717) is 5.92 Å². The molecule has 0 amide bonds. The molecule has 1 unspecified atom stereocenters. The molecule has 1 rings (SSSR count). The lowest BCUT2D eigenvalue weighted by Crippen LogP contribution is -2.38. The first-order chi connectivity index (χ1) is 10.7. The Bertz CT molecular complexity index is 402. The van der Waals surface area contributed by atoms with Crippen molar-refractivity contribution in [2.45, 2.75) is 46.6 Å². The predicted octanol–water partition coefficient (Wildman–Crippen LogP) is 2.83. The van der Waals surface area contributed by atoms with Gasteiger partial charge in [-0.05, 0) is 38.3 Å². The number of furan rings is 1. The number of hydrogen-bond donors (Lipinski definition) is 2. The topological polar surface area (TPSA) is 58.8 Å². The molecule has 1 aromatic heterocycles. The molecule has 5 heteroatoms. The highest BCUT2D eigenvalue weighted by Crippen LogP contribution is 2.10. The molecule has 2 N–H and O–H groups in total. The van der Waals surface area contributed by atoms with Gasteiger partial charge >= 0.3 is 0 Å². The van der Waals surface area contributed by atoms with Crippen LogP contribution < -0.4 is 10.6 Å². The molecule has 5 nitrogen and oxygen atoms in total. The van der Waals surface area contributed by atoms with E-state index in [4.69, 9.17) is 9.15 Å². The van der Waals surface area contributed by atoms with Crippen LogP contribution in [0, 0.1) is 5.92 Å². The van der Waals surface area contributed by atoms with Crippen molar-refractivity contribution >= 4 is 5.96 Å². The molecule has 0 aliphatic rings. The molecular weight excluding hydrogens is 278 g/mol. The summed E-state index contributed by atoms with van der Waals surface area (Å²) in [5.74, 6) is 2.36. The van der Waals surface area contributed by atoms with Crippen molar-refractivity contribution in [1.82, 2.24) is 10.6 Å². The molecule has 0 aromatic carbocycles. The van der Waals surface area contributed by atoms with Gasteiger partial charge in [-0.2, -0.15) is 0 Å². The van der Waals surface area contributed by atoms with E-state index in [9.17, 15) is 0 Å². The van der Waals surface area contributed by atoms with Crippen LogP contribution in [0.3, 0.4) is 0 Å². The van der Waals surface area contributed by atoms with Gasteiger partial charge in [0.15, 0.2) is 5.96 Å². The van der Waals surface area contributed by atoms with Crippen LogP contribution in [0.4, 0.5) is 0 Å². The van der Waals surface area contributed by atoms with Gasteiger partial charge in [0.25, 0.3) is 0 Å². The summed E-state index contributed by atoms with van der Waals surface area (Å²) in [5, 5.41) is 6.60. The largest absolute Gasteiger partial charge is 0.469 e. The minimum Gasteiger partial charge on any atom is -0.469 e. The highest BCUT2D eigenvalue weighted by atomic mass is 16.5. The van der Waals surface area contributed by atoms with E-state index in [2.05, 4.69) is 36.4 Å². The molecule has 22 heavy (non-hydrogen) atoms. The minimum atomic E-state index is 0.278. The van der Waals surface area contributed by atoms with Gasteiger partial charge in [-0.1, -0.05) is 13.8 Å². The molecule has 1 heterocycles. The minimum absolute atomic E-state index is 0.278. The number of nitrogens with one attached hydrogen (secondary N) is 2. The molecule has 1 atom stereocenters. The molecule has 0 bridgehead atoms. The molecule has 0 radical (unpaired) electrons. The van der Waals surface area contributed by atoms with Crippen LogP contribution in [-0.4, -0.2) is 38.3 Å². The van der Waals surface area contributed by atoms with Crippen LogP contribution in [-0.2, 0) is 11.2 Å². The molecule has 0 saturated carbocycles. The quantitative estimate of drug-likeness (QED) is 0.515. The predicted molar refractivity (Wildman–Crippen MR) is 91.3 cm³/mol. The summed E-state index contributed by atoms with van der Waals surface area (Å²) in [5.41, 5.74) is 0. The van der Waals surface area contributed by atoms with Crippen molar-refractivity contribution in [3.05, 3.63) is 24.2 Å². The van der Waals surface area contributed by atoms with Crippen molar-refractivity contribution in [3.8, 4) is 0 Å². The fraction of sp³-hybridized carbons (Fsp3) is 0.706. The highest BCUT2D eigenvalue weighted by Gasteiger charge is 2.12. The fourth-order valence-corrected chi connectivity index (χ4v) is 2.23. The Morgan fingerprint density at radius 3 is 2.73 bits per heavy atom. The van der Waals surface area contributed by atoms with E-state index in [1.165, 1.54) is 0 Å². The third kappa shape index (κ3) is 7.50. The van der Waals surface area contributed by atoms with E-state index in [0.717, 1.165) is 50.8 Å². The van der Waals surface area contributed by atoms with Crippen molar-refractivity contribution in [3.63, 3.8) is 0 Å². The Kier molecular flexibility index (Phi) is 9.39. The van der Waals surface area contributed by atoms with Gasteiger partial charge < -0.3 is 19.8 Å². The first-order valence-electron chi connectivity index (χ1n) is 8.33. The first-order valence-corrected chi connectivity index (χ1v) is 8.33. The number of rotatable bonds is 10. The number of hydrogen-bond acceptors (Lipinski definition) is 3. The van der Waals surface area contributed by atoms with E-state index in [1.807, 2.05) is 19.1 Å². The van der Waals surface area contributed by atoms with E-state index >= 15 is 0 Å². The van der Waals surface area contributed by atoms with Crippen LogP contribution >= 0.6 is 0 Å². The second-order valence-corrected chi connectivity index (χ2v) is 5.54. The van der Waals surface area contributed by atoms with Crippen LogP contribution in [0.5, 0.6) is 0 Å². The SMILES string of the molecule is CCNC(=NCCC(OCC)C(C)C)NCCc1ccco1. The number of ether oxygens (including phenoxy) is 1. The first kappa shape index (κ1) is 18.6. The number of nitrogens with zero attached hydrogens (tertiary/aromatic N) is 1. The zero-order valence-corrected chi connectivity index (χ0v) is 14.4. The second-order valence-electron chi connectivity index (χ2n) is 5.54. The van der Waals surface area contributed by atoms with Gasteiger partial charge in [0.1, 0.15) is 5.76 Å². The maximum absolute atomic E-state index is 5.75. The fourth-order valence-electron chi connectivity index (χ4n) is 2.23. The van der Waals surface area contributed by atoms with Crippen molar-refractivity contribution in [2.75, 3.05) is 26.2 Å². The normalized spacial score (nSPS) is 13.4. The maximum atomic E-state index is 5.75. The molecule has 126 valence electrons. The maximum Gasteiger partial charge on any atom is 0.191 e. The Morgan fingerprint density at radius 1 is 1.32 bits per heavy atom. The molecule has 0 aliphatic carbocycles. The van der Waals surface area contributed by atoms with Gasteiger partial charge in [-0.3, -0.25) is 4.99 Å². The third-order valence-corrected chi connectivity index (χ3v) is 3.40. The summed E-state index contributed by atoms with van der Waals surface area (Å²) < 4.78 is 11.1. The summed E-state index contributed by atoms with van der Waals surface area (Å²) in [4.78, 5) is 4.62. The summed E-state index contributed by atoms with van der Waals surface area (Å²) in [6.45, 7) is 11.7. The average Bonchev–Trinajstić information content (AvgIpc) is 2.99. The van der Waals surface area contributed by atoms with Gasteiger partial charge in [0, 0.05) is 32.7 Å². The van der Waals surface area contributed by atoms with Gasteiger partial charge in [0.05, 0.1) is 12.4 Å². The van der Waals surface area contributed by atoms with E-state index < -0.39 is 0 Å². The monoisotopic (exact) mass is 309 g/mol. The lowest BCUT2D eigenvalue weighted by molar-refractivity contribution is 0.0266. The average molecular weight is 309 g/mol. The van der Waals surface area contributed by atoms with Crippen molar-refractivity contribution < 1.29 is 9.15 Å². The number of guanidine groups is 1. The van der Waals surface area contributed by atoms with E-state index in [-0.39, 0.29) is 6.10 Å². The Balaban J connectivity index is 2.36. The van der Waals surface area contributed by atoms with Crippen LogP contribution in [0.2, 0.25) is 0 Å². The van der Waals surface area contributed by atoms with Crippen LogP contribution in [0.25, 0.3) is 0 Å². The zero-order chi connectivity index (χ0) is 16.2. The molecular formula is C17H31N3O2. The Labute approximate surface area is 134 Å². The lowest BCUT2D eigenvalue weighted by atomic mass is 10.0. The van der Waals surface area contributed by atoms with E-state index in [1.54, 1.807) is 6.26 Å². The summed E-state index contributed by atoms with van der Waals surface area (Å²) in [7, 11) is 0. The molecule has 0 saturated heterocycles. The highest BCUT2D eigenvalue weighted by molar-refractivity contribution is 5.79. The van der Waals surface area contributed by atoms with Gasteiger partial charge in [0.2, 0.25) is 0 Å². The van der Waals surface area contributed by atoms with Gasteiger partial charge in [-0.25, -0.2) is 0 Å². The molecule has 0 fully saturated rings. The van der Waals surface area contributed by atoms with Crippen molar-refractivity contribution in [2.24, 2.45) is 10.9 Å². The second kappa shape index (κ2) is 11.1. The van der Waals surface area contributed by atoms with Crippen molar-refractivity contribution in [1.29, 1.82) is 0 Å². The summed E-state index contributed by atoms with van der Waals surface area (Å²) in [6, 6.07) is 3.90. The number of aliphatic imine (C=N–C) groups is 1. The van der Waals surface area contributed by atoms with Crippen LogP contribution in [0.15, 0.2) is 27.8 Å². The lowest BCUT2D eigenvalue weighted by Gasteiger charge is -2.20. The molecule has 0 aliphatic heterocycles. The molecule has 0 spiro atoms. The summed E-state index contributed by atoms with van der Waals surface area (Å²) in [6.07, 6.45) is 3.78. The summed E-state index contributed by atoms with van der Waals surface area (Å²) >= 11 is 0. The standard InChI is InChI=1S/C17H31N3O2/c1-5-18-17(19-11-9-15-8-7-13-22-15)20-12-10-16(14(3)4)21-6-2/h7-8,13-14,16H,5-6,9-12H2,1-4H3,(H2,18,19,20). The smallest absolute Gasteiger partial charge is 0.191 e. The zero-order valence-electron chi connectivity index (χ0n) is 14.4. The Morgan fingerprint density at radius 2 is 2.14 bits per heavy atom. The van der Waals surface area contributed by atoms with Crippen LogP contribution in [0.1, 0.15) is 39.9 Å². The van der Waals surface area contributed by atoms with Gasteiger partial charge in [-0.15, -0.1) is 0 Å².